The quantitative estimate of drug-likeness (QED) is 0.315. The van der Waals surface area contributed by atoms with Crippen molar-refractivity contribution < 1.29 is 32.2 Å². The van der Waals surface area contributed by atoms with Crippen LogP contribution < -0.4 is 4.74 Å². The molecule has 0 aliphatic carbocycles. The van der Waals surface area contributed by atoms with Crippen molar-refractivity contribution >= 4 is 5.97 Å². The summed E-state index contributed by atoms with van der Waals surface area (Å²) in [6.07, 6.45) is -1.95. The Bertz CT molecular complexity index is 1350. The lowest BCUT2D eigenvalue weighted by molar-refractivity contribution is -0.137. The summed E-state index contributed by atoms with van der Waals surface area (Å²) in [6.45, 7) is -0.0315. The molecule has 0 saturated heterocycles. The summed E-state index contributed by atoms with van der Waals surface area (Å²) >= 11 is 0. The summed E-state index contributed by atoms with van der Waals surface area (Å²) in [7, 11) is 0. The van der Waals surface area contributed by atoms with E-state index in [1.807, 2.05) is 0 Å². The van der Waals surface area contributed by atoms with E-state index in [4.69, 9.17) is 9.84 Å². The highest BCUT2D eigenvalue weighted by Crippen LogP contribution is 2.40. The molecule has 34 heavy (non-hydrogen) atoms. The predicted molar refractivity (Wildman–Crippen MR) is 118 cm³/mol. The van der Waals surface area contributed by atoms with Crippen LogP contribution in [0.1, 0.15) is 21.5 Å². The topological polar surface area (TPSA) is 59.4 Å². The number of benzene rings is 3. The fourth-order valence-electron chi connectivity index (χ4n) is 3.48. The number of aromatic nitrogens is 1. The van der Waals surface area contributed by atoms with Crippen LogP contribution in [0, 0.1) is 5.82 Å². The van der Waals surface area contributed by atoms with E-state index in [0.717, 1.165) is 12.1 Å². The van der Waals surface area contributed by atoms with Gasteiger partial charge in [-0.05, 0) is 53.1 Å². The minimum Gasteiger partial charge on any atom is -0.489 e. The number of alkyl halides is 3. The highest BCUT2D eigenvalue weighted by Gasteiger charge is 2.34. The van der Waals surface area contributed by atoms with Crippen molar-refractivity contribution in [2.45, 2.75) is 12.8 Å². The van der Waals surface area contributed by atoms with Gasteiger partial charge in [0.25, 0.3) is 0 Å². The van der Waals surface area contributed by atoms with Crippen molar-refractivity contribution in [2.24, 2.45) is 0 Å². The molecule has 0 radical (unpaired) electrons. The third-order valence-electron chi connectivity index (χ3n) is 5.11. The van der Waals surface area contributed by atoms with Crippen LogP contribution in [0.15, 0.2) is 85.2 Å². The lowest BCUT2D eigenvalue weighted by atomic mass is 9.98. The van der Waals surface area contributed by atoms with Crippen molar-refractivity contribution in [1.82, 2.24) is 4.98 Å². The number of carboxylic acid groups (broad SMARTS) is 1. The standard InChI is InChI=1S/C26H17F4NO3/c27-24-7-2-1-6-22(24)21-9-8-20(12-23(21)26(28,29)30)34-15-16-4-3-5-17(10-16)18-11-19(25(32)33)14-31-13-18/h1-14H,15H2,(H,32,33). The molecule has 4 aromatic rings. The molecule has 172 valence electrons. The first-order chi connectivity index (χ1) is 16.2. The van der Waals surface area contributed by atoms with Crippen LogP contribution in [-0.4, -0.2) is 16.1 Å². The molecule has 0 fully saturated rings. The maximum Gasteiger partial charge on any atom is 0.417 e. The van der Waals surface area contributed by atoms with Gasteiger partial charge in [-0.2, -0.15) is 13.2 Å². The zero-order valence-electron chi connectivity index (χ0n) is 17.5. The molecular formula is C26H17F4NO3. The Morgan fingerprint density at radius 1 is 0.882 bits per heavy atom. The van der Waals surface area contributed by atoms with E-state index in [9.17, 15) is 22.4 Å². The van der Waals surface area contributed by atoms with E-state index in [-0.39, 0.29) is 29.0 Å². The first-order valence-corrected chi connectivity index (χ1v) is 10.1. The van der Waals surface area contributed by atoms with E-state index in [2.05, 4.69) is 4.98 Å². The number of halogens is 4. The predicted octanol–water partition coefficient (Wildman–Crippen LogP) is 6.85. The molecule has 1 N–H and O–H groups in total. The first-order valence-electron chi connectivity index (χ1n) is 10.1. The van der Waals surface area contributed by atoms with Crippen LogP contribution in [0.3, 0.4) is 0 Å². The van der Waals surface area contributed by atoms with Gasteiger partial charge >= 0.3 is 12.1 Å². The molecule has 0 amide bonds. The highest BCUT2D eigenvalue weighted by molar-refractivity contribution is 5.88. The number of carboxylic acids is 1. The highest BCUT2D eigenvalue weighted by atomic mass is 19.4. The second-order valence-corrected chi connectivity index (χ2v) is 7.44. The molecule has 8 heteroatoms. The van der Waals surface area contributed by atoms with Gasteiger partial charge in [-0.25, -0.2) is 9.18 Å². The second kappa shape index (κ2) is 9.35. The number of pyridine rings is 1. The first kappa shape index (κ1) is 23.0. The number of ether oxygens (including phenoxy) is 1. The molecule has 0 bridgehead atoms. The number of carbonyl (C=O) groups is 1. The normalized spacial score (nSPS) is 11.3. The van der Waals surface area contributed by atoms with Gasteiger partial charge in [0, 0.05) is 23.5 Å². The zero-order valence-corrected chi connectivity index (χ0v) is 17.5. The van der Waals surface area contributed by atoms with Gasteiger partial charge in [-0.15, -0.1) is 0 Å². The van der Waals surface area contributed by atoms with Gasteiger partial charge in [0.2, 0.25) is 0 Å². The number of aromatic carboxylic acids is 1. The van der Waals surface area contributed by atoms with Crippen molar-refractivity contribution in [3.8, 4) is 28.0 Å². The number of hydrogen-bond acceptors (Lipinski definition) is 3. The Kier molecular flexibility index (Phi) is 6.32. The fourth-order valence-corrected chi connectivity index (χ4v) is 3.48. The van der Waals surface area contributed by atoms with E-state index in [1.165, 1.54) is 48.8 Å². The maximum atomic E-state index is 14.1. The average molecular weight is 467 g/mol. The Morgan fingerprint density at radius 2 is 1.68 bits per heavy atom. The number of rotatable bonds is 6. The molecule has 1 aromatic heterocycles. The van der Waals surface area contributed by atoms with Crippen LogP contribution in [0.25, 0.3) is 22.3 Å². The van der Waals surface area contributed by atoms with Gasteiger partial charge in [0.1, 0.15) is 18.2 Å². The SMILES string of the molecule is O=C(O)c1cncc(-c2cccc(COc3ccc(-c4ccccc4F)c(C(F)(F)F)c3)c2)c1. The van der Waals surface area contributed by atoms with E-state index in [1.54, 1.807) is 24.3 Å². The molecule has 0 saturated carbocycles. The van der Waals surface area contributed by atoms with Gasteiger partial charge in [0.05, 0.1) is 11.1 Å². The summed E-state index contributed by atoms with van der Waals surface area (Å²) in [5.41, 5.74) is 0.536. The minimum absolute atomic E-state index is 0.0210. The van der Waals surface area contributed by atoms with Crippen molar-refractivity contribution in [3.63, 3.8) is 0 Å². The molecule has 0 aliphatic heterocycles. The van der Waals surface area contributed by atoms with E-state index < -0.39 is 23.5 Å². The van der Waals surface area contributed by atoms with Crippen LogP contribution in [0.2, 0.25) is 0 Å². The van der Waals surface area contributed by atoms with Crippen LogP contribution in [-0.2, 0) is 12.8 Å². The van der Waals surface area contributed by atoms with Crippen molar-refractivity contribution in [3.05, 3.63) is 108 Å². The molecular weight excluding hydrogens is 450 g/mol. The van der Waals surface area contributed by atoms with Crippen LogP contribution in [0.4, 0.5) is 17.6 Å². The zero-order chi connectivity index (χ0) is 24.3. The lowest BCUT2D eigenvalue weighted by Gasteiger charge is -2.16. The molecule has 4 nitrogen and oxygen atoms in total. The Morgan fingerprint density at radius 3 is 2.41 bits per heavy atom. The van der Waals surface area contributed by atoms with Gasteiger partial charge in [0.15, 0.2) is 0 Å². The molecule has 0 aliphatic rings. The average Bonchev–Trinajstić information content (AvgIpc) is 2.83. The smallest absolute Gasteiger partial charge is 0.417 e. The summed E-state index contributed by atoms with van der Waals surface area (Å²) in [5.74, 6) is -1.87. The third-order valence-corrected chi connectivity index (χ3v) is 5.11. The maximum absolute atomic E-state index is 14.1. The monoisotopic (exact) mass is 467 g/mol. The van der Waals surface area contributed by atoms with Crippen molar-refractivity contribution in [1.29, 1.82) is 0 Å². The van der Waals surface area contributed by atoms with Crippen LogP contribution in [0.5, 0.6) is 5.75 Å². The third kappa shape index (κ3) is 5.06. The molecule has 0 spiro atoms. The summed E-state index contributed by atoms with van der Waals surface area (Å²) < 4.78 is 60.9. The minimum atomic E-state index is -4.71. The van der Waals surface area contributed by atoms with Gasteiger partial charge < -0.3 is 9.84 Å². The lowest BCUT2D eigenvalue weighted by Crippen LogP contribution is -2.08. The largest absolute Gasteiger partial charge is 0.489 e. The van der Waals surface area contributed by atoms with Gasteiger partial charge in [-0.1, -0.05) is 36.4 Å². The Balaban J connectivity index is 1.59. The fraction of sp³-hybridized carbons (Fsp3) is 0.0769. The van der Waals surface area contributed by atoms with Crippen LogP contribution >= 0.6 is 0 Å². The Labute approximate surface area is 192 Å². The van der Waals surface area contributed by atoms with Gasteiger partial charge in [-0.3, -0.25) is 4.98 Å². The number of nitrogens with zero attached hydrogens (tertiary/aromatic N) is 1. The summed E-state index contributed by atoms with van der Waals surface area (Å²) in [6, 6.07) is 17.1. The summed E-state index contributed by atoms with van der Waals surface area (Å²) in [4.78, 5) is 15.1. The molecule has 1 heterocycles. The summed E-state index contributed by atoms with van der Waals surface area (Å²) in [5, 5.41) is 9.15. The van der Waals surface area contributed by atoms with Crippen molar-refractivity contribution in [2.75, 3.05) is 0 Å². The Hall–Kier alpha value is -4.20. The van der Waals surface area contributed by atoms with E-state index >= 15 is 0 Å². The molecule has 3 aromatic carbocycles. The van der Waals surface area contributed by atoms with E-state index in [0.29, 0.717) is 16.7 Å². The molecule has 4 rings (SSSR count). The molecule has 0 atom stereocenters. The second-order valence-electron chi connectivity index (χ2n) is 7.44. The molecule has 0 unspecified atom stereocenters. The number of hydrogen-bond donors (Lipinski definition) is 1.